The summed E-state index contributed by atoms with van der Waals surface area (Å²) in [6.07, 6.45) is 2.37. The summed E-state index contributed by atoms with van der Waals surface area (Å²) >= 11 is 0. The van der Waals surface area contributed by atoms with Gasteiger partial charge in [0, 0.05) is 29.4 Å². The quantitative estimate of drug-likeness (QED) is 0.771. The largest absolute Gasteiger partial charge is 0.330 e. The number of fused-ring (bicyclic) bond motifs is 1. The molecule has 0 saturated heterocycles. The van der Waals surface area contributed by atoms with Crippen LogP contribution in [0.1, 0.15) is 27.3 Å². The summed E-state index contributed by atoms with van der Waals surface area (Å²) in [7, 11) is 0. The molecule has 0 saturated carbocycles. The molecule has 5 heteroatoms. The molecule has 2 heterocycles. The van der Waals surface area contributed by atoms with E-state index < -0.39 is 0 Å². The lowest BCUT2D eigenvalue weighted by molar-refractivity contribution is 0.0962. The summed E-state index contributed by atoms with van der Waals surface area (Å²) in [4.78, 5) is 17.2. The zero-order valence-corrected chi connectivity index (χ0v) is 13.1. The number of benzene rings is 1. The lowest BCUT2D eigenvalue weighted by atomic mass is 10.1. The van der Waals surface area contributed by atoms with Crippen LogP contribution in [-0.4, -0.2) is 22.0 Å². The van der Waals surface area contributed by atoms with Gasteiger partial charge < -0.3 is 11.5 Å². The van der Waals surface area contributed by atoms with E-state index in [9.17, 15) is 4.79 Å². The van der Waals surface area contributed by atoms with Crippen molar-refractivity contribution >= 4 is 16.8 Å². The molecule has 0 aliphatic carbocycles. The summed E-state index contributed by atoms with van der Waals surface area (Å²) in [5.41, 5.74) is 15.6. The SMILES string of the molecule is Cc1c(CCN)c2ccccc2n1C(=O)c1ccnc(CN)c1. The molecule has 0 unspecified atom stereocenters. The molecular formula is C18H20N4O. The predicted molar refractivity (Wildman–Crippen MR) is 91.3 cm³/mol. The fraction of sp³-hybridized carbons (Fsp3) is 0.222. The molecule has 5 nitrogen and oxygen atoms in total. The van der Waals surface area contributed by atoms with Gasteiger partial charge in [-0.2, -0.15) is 0 Å². The van der Waals surface area contributed by atoms with Crippen molar-refractivity contribution in [3.63, 3.8) is 0 Å². The van der Waals surface area contributed by atoms with Crippen LogP contribution < -0.4 is 11.5 Å². The van der Waals surface area contributed by atoms with Crippen molar-refractivity contribution in [1.82, 2.24) is 9.55 Å². The second kappa shape index (κ2) is 6.32. The highest BCUT2D eigenvalue weighted by Crippen LogP contribution is 2.27. The van der Waals surface area contributed by atoms with E-state index in [1.807, 2.05) is 31.2 Å². The van der Waals surface area contributed by atoms with Crippen molar-refractivity contribution in [1.29, 1.82) is 0 Å². The van der Waals surface area contributed by atoms with Gasteiger partial charge in [-0.15, -0.1) is 0 Å². The van der Waals surface area contributed by atoms with Gasteiger partial charge in [0.2, 0.25) is 0 Å². The molecule has 3 rings (SSSR count). The first kappa shape index (κ1) is 15.4. The van der Waals surface area contributed by atoms with Gasteiger partial charge in [0.15, 0.2) is 0 Å². The fourth-order valence-corrected chi connectivity index (χ4v) is 3.01. The Kier molecular flexibility index (Phi) is 4.23. The van der Waals surface area contributed by atoms with Crippen molar-refractivity contribution in [3.8, 4) is 0 Å². The minimum absolute atomic E-state index is 0.0703. The molecule has 0 bridgehead atoms. The molecule has 2 aromatic heterocycles. The second-order valence-corrected chi connectivity index (χ2v) is 5.50. The van der Waals surface area contributed by atoms with Crippen LogP contribution in [0.15, 0.2) is 42.6 Å². The molecule has 3 aromatic rings. The van der Waals surface area contributed by atoms with Gasteiger partial charge in [0.05, 0.1) is 11.2 Å². The van der Waals surface area contributed by atoms with Crippen LogP contribution >= 0.6 is 0 Å². The Morgan fingerprint density at radius 2 is 2.00 bits per heavy atom. The topological polar surface area (TPSA) is 86.9 Å². The maximum absolute atomic E-state index is 13.0. The summed E-state index contributed by atoms with van der Waals surface area (Å²) in [6, 6.07) is 11.4. The van der Waals surface area contributed by atoms with E-state index in [-0.39, 0.29) is 5.91 Å². The number of para-hydroxylation sites is 1. The Hall–Kier alpha value is -2.50. The smallest absolute Gasteiger partial charge is 0.262 e. The highest BCUT2D eigenvalue weighted by molar-refractivity contribution is 6.04. The van der Waals surface area contributed by atoms with E-state index in [0.29, 0.717) is 24.3 Å². The Morgan fingerprint density at radius 3 is 2.74 bits per heavy atom. The summed E-state index contributed by atoms with van der Waals surface area (Å²) in [5.74, 6) is -0.0703. The highest BCUT2D eigenvalue weighted by Gasteiger charge is 2.19. The maximum atomic E-state index is 13.0. The molecule has 0 spiro atoms. The van der Waals surface area contributed by atoms with Crippen molar-refractivity contribution in [2.75, 3.05) is 6.54 Å². The fourth-order valence-electron chi connectivity index (χ4n) is 3.01. The number of rotatable bonds is 4. The van der Waals surface area contributed by atoms with E-state index >= 15 is 0 Å². The van der Waals surface area contributed by atoms with Gasteiger partial charge in [-0.25, -0.2) is 0 Å². The second-order valence-electron chi connectivity index (χ2n) is 5.50. The van der Waals surface area contributed by atoms with Crippen LogP contribution in [0.4, 0.5) is 0 Å². The lowest BCUT2D eigenvalue weighted by Crippen LogP contribution is -2.15. The number of pyridine rings is 1. The molecule has 0 atom stereocenters. The van der Waals surface area contributed by atoms with Crippen LogP contribution in [0.2, 0.25) is 0 Å². The number of aromatic nitrogens is 2. The van der Waals surface area contributed by atoms with Crippen LogP contribution in [-0.2, 0) is 13.0 Å². The molecule has 0 aliphatic heterocycles. The Bertz CT molecular complexity index is 867. The van der Waals surface area contributed by atoms with E-state index in [1.54, 1.807) is 22.9 Å². The van der Waals surface area contributed by atoms with Crippen LogP contribution in [0.3, 0.4) is 0 Å². The third kappa shape index (κ3) is 2.65. The number of nitrogens with two attached hydrogens (primary N) is 2. The first-order valence-electron chi connectivity index (χ1n) is 7.66. The molecule has 0 radical (unpaired) electrons. The number of nitrogens with zero attached hydrogens (tertiary/aromatic N) is 2. The molecule has 0 fully saturated rings. The Labute approximate surface area is 134 Å². The average Bonchev–Trinajstić information content (AvgIpc) is 2.87. The number of carbonyl (C=O) groups is 1. The first-order valence-corrected chi connectivity index (χ1v) is 7.66. The van der Waals surface area contributed by atoms with Crippen molar-refractivity contribution < 1.29 is 4.79 Å². The maximum Gasteiger partial charge on any atom is 0.262 e. The zero-order valence-electron chi connectivity index (χ0n) is 13.1. The van der Waals surface area contributed by atoms with Gasteiger partial charge >= 0.3 is 0 Å². The molecule has 118 valence electrons. The summed E-state index contributed by atoms with van der Waals surface area (Å²) < 4.78 is 1.76. The summed E-state index contributed by atoms with van der Waals surface area (Å²) in [6.45, 7) is 2.83. The van der Waals surface area contributed by atoms with Crippen LogP contribution in [0.25, 0.3) is 10.9 Å². The number of carbonyl (C=O) groups excluding carboxylic acids is 1. The van der Waals surface area contributed by atoms with E-state index in [1.165, 1.54) is 0 Å². The van der Waals surface area contributed by atoms with Gasteiger partial charge in [-0.3, -0.25) is 14.3 Å². The van der Waals surface area contributed by atoms with Crippen LogP contribution in [0, 0.1) is 6.92 Å². The molecule has 23 heavy (non-hydrogen) atoms. The van der Waals surface area contributed by atoms with Crippen molar-refractivity contribution in [2.45, 2.75) is 19.9 Å². The predicted octanol–water partition coefficient (Wildman–Crippen LogP) is 1.99. The number of hydrogen-bond acceptors (Lipinski definition) is 4. The van der Waals surface area contributed by atoms with Crippen molar-refractivity contribution in [3.05, 3.63) is 65.1 Å². The average molecular weight is 308 g/mol. The lowest BCUT2D eigenvalue weighted by Gasteiger charge is -2.08. The third-order valence-corrected chi connectivity index (χ3v) is 4.11. The Balaban J connectivity index is 2.19. The third-order valence-electron chi connectivity index (χ3n) is 4.11. The van der Waals surface area contributed by atoms with Gasteiger partial charge in [0.25, 0.3) is 5.91 Å². The monoisotopic (exact) mass is 308 g/mol. The molecule has 0 aliphatic rings. The van der Waals surface area contributed by atoms with Crippen molar-refractivity contribution in [2.24, 2.45) is 11.5 Å². The highest BCUT2D eigenvalue weighted by atomic mass is 16.2. The normalized spacial score (nSPS) is 11.1. The Morgan fingerprint density at radius 1 is 1.22 bits per heavy atom. The minimum Gasteiger partial charge on any atom is -0.330 e. The van der Waals surface area contributed by atoms with Gasteiger partial charge in [0.1, 0.15) is 0 Å². The first-order chi connectivity index (χ1) is 11.2. The zero-order chi connectivity index (χ0) is 16.4. The molecular weight excluding hydrogens is 288 g/mol. The number of hydrogen-bond donors (Lipinski definition) is 2. The van der Waals surface area contributed by atoms with E-state index in [4.69, 9.17) is 11.5 Å². The molecule has 1 aromatic carbocycles. The van der Waals surface area contributed by atoms with E-state index in [2.05, 4.69) is 4.98 Å². The standard InChI is InChI=1S/C18H20N4O/c1-12-15(6-8-19)16-4-2-3-5-17(16)22(12)18(23)13-7-9-21-14(10-13)11-20/h2-5,7,9-10H,6,8,11,19-20H2,1H3. The minimum atomic E-state index is -0.0703. The van der Waals surface area contributed by atoms with Gasteiger partial charge in [-0.05, 0) is 43.7 Å². The van der Waals surface area contributed by atoms with Gasteiger partial charge in [-0.1, -0.05) is 18.2 Å². The molecule has 0 amide bonds. The summed E-state index contributed by atoms with van der Waals surface area (Å²) in [5, 5.41) is 1.08. The molecule has 4 N–H and O–H groups in total. The van der Waals surface area contributed by atoms with E-state index in [0.717, 1.165) is 28.6 Å². The van der Waals surface area contributed by atoms with Crippen LogP contribution in [0.5, 0.6) is 0 Å².